The molecule has 164 valence electrons. The number of anilines is 1. The van der Waals surface area contributed by atoms with Crippen molar-refractivity contribution in [1.82, 2.24) is 0 Å². The van der Waals surface area contributed by atoms with Crippen LogP contribution in [0.5, 0.6) is 5.75 Å². The van der Waals surface area contributed by atoms with Gasteiger partial charge in [0.1, 0.15) is 5.75 Å². The van der Waals surface area contributed by atoms with Crippen LogP contribution in [0.4, 0.5) is 11.4 Å². The van der Waals surface area contributed by atoms with E-state index < -0.39 is 0 Å². The Hall–Kier alpha value is -3.08. The van der Waals surface area contributed by atoms with E-state index in [1.807, 2.05) is 18.3 Å². The molecule has 0 radical (unpaired) electrons. The minimum atomic E-state index is -0.323. The molecule has 1 aliphatic rings. The van der Waals surface area contributed by atoms with Crippen molar-refractivity contribution in [1.29, 1.82) is 0 Å². The number of benzene rings is 2. The van der Waals surface area contributed by atoms with Crippen molar-refractivity contribution in [2.75, 3.05) is 25.2 Å². The van der Waals surface area contributed by atoms with Gasteiger partial charge in [0.2, 0.25) is 0 Å². The van der Waals surface area contributed by atoms with Gasteiger partial charge in [0.05, 0.1) is 30.5 Å². The highest BCUT2D eigenvalue weighted by atomic mass is 16.5. The Labute approximate surface area is 185 Å². The summed E-state index contributed by atoms with van der Waals surface area (Å²) in [4.78, 5) is 18.9. The van der Waals surface area contributed by atoms with Gasteiger partial charge >= 0.3 is 5.97 Å². The summed E-state index contributed by atoms with van der Waals surface area (Å²) in [5.74, 6) is 0.466. The van der Waals surface area contributed by atoms with Crippen molar-refractivity contribution < 1.29 is 14.3 Å². The minimum absolute atomic E-state index is 0.0472. The lowest BCUT2D eigenvalue weighted by molar-refractivity contribution is 0.0526. The Kier molecular flexibility index (Phi) is 6.84. The summed E-state index contributed by atoms with van der Waals surface area (Å²) in [6.07, 6.45) is 5.21. The molecule has 2 aromatic rings. The van der Waals surface area contributed by atoms with Crippen LogP contribution in [0, 0.1) is 0 Å². The number of nitrogens with zero attached hydrogens (tertiary/aromatic N) is 2. The molecule has 0 aromatic heterocycles. The van der Waals surface area contributed by atoms with Gasteiger partial charge in [-0.1, -0.05) is 13.0 Å². The number of methoxy groups -OCH3 is 1. The number of esters is 1. The number of hydrogen-bond donors (Lipinski definition) is 0. The smallest absolute Gasteiger partial charge is 0.338 e. The number of aliphatic imine (C=N–C) groups is 1. The Balaban J connectivity index is 1.94. The SMILES string of the molecule is CCCN1c2cc(OC)c(C=Nc3ccc(C(=O)OCC)cc3)cc2C(C)=CC1(C)C. The van der Waals surface area contributed by atoms with Crippen LogP contribution in [0.15, 0.2) is 47.5 Å². The zero-order valence-corrected chi connectivity index (χ0v) is 19.4. The van der Waals surface area contributed by atoms with Gasteiger partial charge in [-0.25, -0.2) is 4.79 Å². The maximum atomic E-state index is 11.8. The lowest BCUT2D eigenvalue weighted by Gasteiger charge is -2.43. The third-order valence-electron chi connectivity index (χ3n) is 5.51. The molecule has 0 unspecified atom stereocenters. The first-order chi connectivity index (χ1) is 14.8. The Morgan fingerprint density at radius 2 is 1.87 bits per heavy atom. The number of carbonyl (C=O) groups excluding carboxylic acids is 1. The van der Waals surface area contributed by atoms with Crippen molar-refractivity contribution in [3.05, 3.63) is 59.2 Å². The van der Waals surface area contributed by atoms with E-state index in [1.54, 1.807) is 26.2 Å². The molecule has 5 heteroatoms. The maximum Gasteiger partial charge on any atom is 0.338 e. The number of hydrogen-bond acceptors (Lipinski definition) is 5. The molecule has 0 bridgehead atoms. The molecule has 31 heavy (non-hydrogen) atoms. The summed E-state index contributed by atoms with van der Waals surface area (Å²) in [7, 11) is 1.69. The van der Waals surface area contributed by atoms with Crippen LogP contribution in [0.3, 0.4) is 0 Å². The number of ether oxygens (including phenoxy) is 2. The Morgan fingerprint density at radius 1 is 1.16 bits per heavy atom. The lowest BCUT2D eigenvalue weighted by Crippen LogP contribution is -2.45. The second-order valence-electron chi connectivity index (χ2n) is 8.27. The van der Waals surface area contributed by atoms with Crippen molar-refractivity contribution in [3.63, 3.8) is 0 Å². The summed E-state index contributed by atoms with van der Waals surface area (Å²) >= 11 is 0. The van der Waals surface area contributed by atoms with Crippen LogP contribution >= 0.6 is 0 Å². The van der Waals surface area contributed by atoms with Crippen molar-refractivity contribution in [2.24, 2.45) is 4.99 Å². The van der Waals surface area contributed by atoms with E-state index in [2.05, 4.69) is 55.8 Å². The number of rotatable bonds is 7. The maximum absolute atomic E-state index is 11.8. The molecule has 0 saturated carbocycles. The quantitative estimate of drug-likeness (QED) is 0.405. The van der Waals surface area contributed by atoms with Gasteiger partial charge in [-0.3, -0.25) is 4.99 Å². The standard InChI is InChI=1S/C26H32N2O3/c1-7-13-28-23-15-24(30-6)20(14-22(23)18(3)16-26(28,4)5)17-27-21-11-9-19(10-12-21)25(29)31-8-2/h9-12,14-17H,7-8,13H2,1-6H3. The normalized spacial score (nSPS) is 14.9. The van der Waals surface area contributed by atoms with Gasteiger partial charge < -0.3 is 14.4 Å². The van der Waals surface area contributed by atoms with E-state index in [9.17, 15) is 4.79 Å². The van der Waals surface area contributed by atoms with Crippen molar-refractivity contribution in [3.8, 4) is 5.75 Å². The molecule has 0 fully saturated rings. The average Bonchev–Trinajstić information content (AvgIpc) is 2.75. The molecular formula is C26H32N2O3. The summed E-state index contributed by atoms with van der Waals surface area (Å²) < 4.78 is 10.7. The molecule has 0 aliphatic carbocycles. The second-order valence-corrected chi connectivity index (χ2v) is 8.27. The van der Waals surface area contributed by atoms with E-state index in [1.165, 1.54) is 16.8 Å². The molecule has 5 nitrogen and oxygen atoms in total. The molecule has 1 aliphatic heterocycles. The summed E-state index contributed by atoms with van der Waals surface area (Å²) in [6.45, 7) is 12.0. The number of fused-ring (bicyclic) bond motifs is 1. The Bertz CT molecular complexity index is 1000. The average molecular weight is 421 g/mol. The van der Waals surface area contributed by atoms with E-state index in [0.29, 0.717) is 12.2 Å². The molecule has 3 rings (SSSR count). The fourth-order valence-electron chi connectivity index (χ4n) is 4.07. The molecule has 1 heterocycles. The zero-order valence-electron chi connectivity index (χ0n) is 19.4. The third-order valence-corrected chi connectivity index (χ3v) is 5.51. The highest BCUT2D eigenvalue weighted by molar-refractivity contribution is 5.92. The van der Waals surface area contributed by atoms with Crippen LogP contribution in [-0.2, 0) is 4.74 Å². The molecule has 2 aromatic carbocycles. The van der Waals surface area contributed by atoms with E-state index in [4.69, 9.17) is 9.47 Å². The van der Waals surface area contributed by atoms with Gasteiger partial charge in [0.15, 0.2) is 0 Å². The van der Waals surface area contributed by atoms with Crippen molar-refractivity contribution in [2.45, 2.75) is 46.6 Å². The predicted octanol–water partition coefficient (Wildman–Crippen LogP) is 6.03. The summed E-state index contributed by atoms with van der Waals surface area (Å²) in [5, 5.41) is 0. The monoisotopic (exact) mass is 420 g/mol. The first-order valence-corrected chi connectivity index (χ1v) is 10.8. The van der Waals surface area contributed by atoms with E-state index >= 15 is 0 Å². The van der Waals surface area contributed by atoms with Crippen LogP contribution in [0.25, 0.3) is 5.57 Å². The molecule has 0 saturated heterocycles. The van der Waals surface area contributed by atoms with Gasteiger partial charge in [-0.05, 0) is 70.0 Å². The van der Waals surface area contributed by atoms with Crippen molar-refractivity contribution >= 4 is 29.1 Å². The second kappa shape index (κ2) is 9.38. The highest BCUT2D eigenvalue weighted by Crippen LogP contribution is 2.42. The van der Waals surface area contributed by atoms with Gasteiger partial charge in [0.25, 0.3) is 0 Å². The van der Waals surface area contributed by atoms with Crippen LogP contribution in [0.2, 0.25) is 0 Å². The van der Waals surface area contributed by atoms with Gasteiger partial charge in [-0.15, -0.1) is 0 Å². The summed E-state index contributed by atoms with van der Waals surface area (Å²) in [5.41, 5.74) is 5.80. The predicted molar refractivity (Wildman–Crippen MR) is 128 cm³/mol. The molecular weight excluding hydrogens is 388 g/mol. The van der Waals surface area contributed by atoms with Gasteiger partial charge in [0, 0.05) is 35.6 Å². The first-order valence-electron chi connectivity index (χ1n) is 10.8. The van der Waals surface area contributed by atoms with E-state index in [0.717, 1.165) is 30.0 Å². The minimum Gasteiger partial charge on any atom is -0.496 e. The van der Waals surface area contributed by atoms with Crippen LogP contribution in [0.1, 0.15) is 62.5 Å². The Morgan fingerprint density at radius 3 is 2.48 bits per heavy atom. The number of carbonyl (C=O) groups is 1. The lowest BCUT2D eigenvalue weighted by atomic mass is 9.87. The van der Waals surface area contributed by atoms with E-state index in [-0.39, 0.29) is 11.5 Å². The highest BCUT2D eigenvalue weighted by Gasteiger charge is 2.31. The molecule has 0 amide bonds. The first kappa shape index (κ1) is 22.6. The number of allylic oxidation sites excluding steroid dienone is 1. The third kappa shape index (κ3) is 4.82. The molecule has 0 atom stereocenters. The fourth-order valence-corrected chi connectivity index (χ4v) is 4.07. The van der Waals surface area contributed by atoms with Crippen LogP contribution in [-0.4, -0.2) is 38.0 Å². The zero-order chi connectivity index (χ0) is 22.6. The molecule has 0 N–H and O–H groups in total. The van der Waals surface area contributed by atoms with Gasteiger partial charge in [-0.2, -0.15) is 0 Å². The molecule has 0 spiro atoms. The largest absolute Gasteiger partial charge is 0.496 e. The fraction of sp³-hybridized carbons (Fsp3) is 0.385. The topological polar surface area (TPSA) is 51.1 Å². The summed E-state index contributed by atoms with van der Waals surface area (Å²) in [6, 6.07) is 11.3. The van der Waals surface area contributed by atoms with Crippen LogP contribution < -0.4 is 9.64 Å².